The molecule has 3 heterocycles. The van der Waals surface area contributed by atoms with Crippen molar-refractivity contribution in [2.75, 3.05) is 101 Å². The van der Waals surface area contributed by atoms with Gasteiger partial charge < -0.3 is 40.9 Å². The number of phenols is 1. The van der Waals surface area contributed by atoms with Gasteiger partial charge in [0.05, 0.1) is 4.92 Å². The van der Waals surface area contributed by atoms with Crippen LogP contribution in [0.2, 0.25) is 0 Å². The van der Waals surface area contributed by atoms with Crippen molar-refractivity contribution in [1.82, 2.24) is 14.7 Å². The Hall–Kier alpha value is -9.44. The molecule has 13 heteroatoms. The van der Waals surface area contributed by atoms with Crippen molar-refractivity contribution in [2.45, 2.75) is 128 Å². The van der Waals surface area contributed by atoms with Gasteiger partial charge in [0.15, 0.2) is 0 Å². The minimum absolute atomic E-state index is 0.0857. The summed E-state index contributed by atoms with van der Waals surface area (Å²) >= 11 is 0. The molecule has 0 amide bonds. The number of nitro benzene ring substituents is 1. The van der Waals surface area contributed by atoms with Gasteiger partial charge in [0, 0.05) is 119 Å². The van der Waals surface area contributed by atoms with Crippen molar-refractivity contribution in [3.05, 3.63) is 302 Å². The molecule has 0 bridgehead atoms. The minimum Gasteiger partial charge on any atom is -0.508 e. The molecule has 9 aromatic rings. The second-order valence-electron chi connectivity index (χ2n) is 29.4. The van der Waals surface area contributed by atoms with Crippen LogP contribution in [0, 0.1) is 10.1 Å². The third kappa shape index (κ3) is 20.2. The van der Waals surface area contributed by atoms with Gasteiger partial charge in [0.2, 0.25) is 0 Å². The number of hydrogen-bond donors (Lipinski definition) is 5. The van der Waals surface area contributed by atoms with Gasteiger partial charge >= 0.3 is 0 Å². The lowest BCUT2D eigenvalue weighted by Crippen LogP contribution is -2.49. The van der Waals surface area contributed by atoms with Crippen LogP contribution in [0.5, 0.6) is 5.75 Å². The van der Waals surface area contributed by atoms with Gasteiger partial charge in [0.1, 0.15) is 5.75 Å². The fraction of sp³-hybridized carbons (Fsp3) is 0.355. The van der Waals surface area contributed by atoms with Crippen LogP contribution >= 0.6 is 0 Å². The maximum atomic E-state index is 11.3. The largest absolute Gasteiger partial charge is 0.508 e. The smallest absolute Gasteiger partial charge is 0.269 e. The van der Waals surface area contributed by atoms with E-state index in [-0.39, 0.29) is 36.2 Å². The second-order valence-corrected chi connectivity index (χ2v) is 29.4. The van der Waals surface area contributed by atoms with Gasteiger partial charge in [-0.05, 0) is 260 Å². The number of rotatable bonds is 25. The molecular weight excluding hydrogens is 1310 g/mol. The highest BCUT2D eigenvalue weighted by molar-refractivity contribution is 6.01. The third-order valence-corrected chi connectivity index (χ3v) is 22.3. The number of anilines is 3. The molecule has 552 valence electrons. The molecule has 0 atom stereocenters. The fourth-order valence-corrected chi connectivity index (χ4v) is 16.2. The topological polar surface area (TPSA) is 166 Å². The van der Waals surface area contributed by atoms with E-state index in [2.05, 4.69) is 184 Å². The number of nitrogens with zero attached hydrogens (tertiary/aromatic N) is 6. The van der Waals surface area contributed by atoms with Crippen LogP contribution in [0.25, 0.3) is 33.4 Å². The molecule has 0 radical (unpaired) electrons. The number of nitrogen functional groups attached to an aromatic ring is 1. The number of aliphatic hydroxyl groups is 3. The average molecular weight is 1420 g/mol. The zero-order chi connectivity index (χ0) is 73.6. The molecule has 5 aliphatic rings. The summed E-state index contributed by atoms with van der Waals surface area (Å²) in [5, 5.41) is 50.0. The highest BCUT2D eigenvalue weighted by Crippen LogP contribution is 2.42. The summed E-state index contributed by atoms with van der Waals surface area (Å²) in [5.74, 6) is 0.866. The fourth-order valence-electron chi connectivity index (χ4n) is 16.2. The second kappa shape index (κ2) is 38.2. The molecular formula is C93H109N7O6. The lowest BCUT2D eigenvalue weighted by atomic mass is 9.85. The Bertz CT molecular complexity index is 4270. The molecule has 5 fully saturated rings. The van der Waals surface area contributed by atoms with Crippen molar-refractivity contribution < 1.29 is 25.3 Å². The number of nitrogens with two attached hydrogens (primary N) is 1. The lowest BCUT2D eigenvalue weighted by molar-refractivity contribution is -0.384. The summed E-state index contributed by atoms with van der Waals surface area (Å²) in [5.41, 5.74) is 27.9. The van der Waals surface area contributed by atoms with Crippen molar-refractivity contribution in [2.24, 2.45) is 0 Å². The number of aliphatic hydroxyl groups excluding tert-OH is 3. The van der Waals surface area contributed by atoms with Gasteiger partial charge in [-0.15, -0.1) is 0 Å². The number of phenolic OH excluding ortho intramolecular Hbond substituents is 1. The number of benzene rings is 9. The first-order valence-corrected chi connectivity index (χ1v) is 39.0. The van der Waals surface area contributed by atoms with Crippen molar-refractivity contribution in [3.8, 4) is 5.75 Å². The molecule has 106 heavy (non-hydrogen) atoms. The van der Waals surface area contributed by atoms with Gasteiger partial charge in [0.25, 0.3) is 5.69 Å². The van der Waals surface area contributed by atoms with Crippen molar-refractivity contribution in [1.29, 1.82) is 0 Å². The molecule has 2 aliphatic carbocycles. The Kier molecular flexibility index (Phi) is 27.5. The number of non-ortho nitro benzene ring substituents is 1. The van der Waals surface area contributed by atoms with Crippen molar-refractivity contribution in [3.63, 3.8) is 0 Å². The lowest BCUT2D eigenvalue weighted by Gasteiger charge is -2.39. The molecule has 0 spiro atoms. The Morgan fingerprint density at radius 2 is 0.745 bits per heavy atom. The normalized spacial score (nSPS) is 17.0. The summed E-state index contributed by atoms with van der Waals surface area (Å²) in [6.07, 6.45) is 15.1. The quantitative estimate of drug-likeness (QED) is 0.0159. The zero-order valence-corrected chi connectivity index (χ0v) is 62.3. The van der Waals surface area contributed by atoms with Crippen LogP contribution in [0.15, 0.2) is 237 Å². The molecule has 6 N–H and O–H groups in total. The Labute approximate surface area is 629 Å². The van der Waals surface area contributed by atoms with E-state index in [9.17, 15) is 30.5 Å². The first kappa shape index (κ1) is 76.2. The predicted molar refractivity (Wildman–Crippen MR) is 439 cm³/mol. The van der Waals surface area contributed by atoms with Crippen LogP contribution in [0.3, 0.4) is 0 Å². The van der Waals surface area contributed by atoms with E-state index in [4.69, 9.17) is 5.73 Å². The molecule has 3 aliphatic heterocycles. The minimum atomic E-state index is -0.361. The Morgan fingerprint density at radius 3 is 1.11 bits per heavy atom. The highest BCUT2D eigenvalue weighted by atomic mass is 16.6. The molecule has 3 saturated heterocycles. The molecule has 0 aromatic heterocycles. The maximum absolute atomic E-state index is 11.3. The Morgan fingerprint density at radius 1 is 0.406 bits per heavy atom. The van der Waals surface area contributed by atoms with Crippen LogP contribution in [0.4, 0.5) is 22.7 Å². The number of piperazine rings is 2. The molecule has 14 rings (SSSR count). The number of likely N-dealkylation sites (tertiary alicyclic amines) is 1. The van der Waals surface area contributed by atoms with E-state index in [1.807, 2.05) is 66.7 Å². The van der Waals surface area contributed by atoms with Gasteiger partial charge in [-0.1, -0.05) is 177 Å². The van der Waals surface area contributed by atoms with E-state index in [1.54, 1.807) is 24.3 Å². The Balaban J connectivity index is 0.000000149. The van der Waals surface area contributed by atoms with E-state index in [0.717, 1.165) is 139 Å². The maximum Gasteiger partial charge on any atom is 0.269 e. The van der Waals surface area contributed by atoms with E-state index >= 15 is 0 Å². The zero-order valence-electron chi connectivity index (χ0n) is 62.3. The van der Waals surface area contributed by atoms with Crippen molar-refractivity contribution >= 4 is 56.2 Å². The van der Waals surface area contributed by atoms with Crippen LogP contribution < -0.4 is 15.5 Å². The summed E-state index contributed by atoms with van der Waals surface area (Å²) < 4.78 is 0. The predicted octanol–water partition coefficient (Wildman–Crippen LogP) is 18.4. The number of allylic oxidation sites excluding steroid dienone is 3. The summed E-state index contributed by atoms with van der Waals surface area (Å²) in [6.45, 7) is 16.2. The summed E-state index contributed by atoms with van der Waals surface area (Å²) in [4.78, 5) is 23.8. The standard InChI is InChI=1S/C32H38N2O2.C31H34N2O3.C30H37N3O/c35-24-6-11-31(25-7-2-1-3-8-25)32(27-14-18-30(36)19-15-27)26-12-16-29(17-13-26)34-22-20-33(21-23-34)28-9-4-5-10-28;34-22-4-7-30(25-5-2-1-3-6-25)31(27-12-14-29(15-13-27)33(35)36)26-10-8-23(9-11-26)24-18-20-32(21-19-24)28-16-17-28;1-23(2)32-18-20-33(21-19-32)28-16-12-26(13-17-28)30(25-10-14-27(31)15-11-25)29(9-6-22-34)24-7-4-3-5-8-24/h1-3,7-8,12-19,28,35-36H,4-6,9-11,20-24H2;1-3,5-6,8-15,24,28,34H,4,7,16-22H2;3-5,7-8,10-17,23,34H,6,9,18-22,31H2,1-2H3/b32-31+;31-30+;30-29-. The monoisotopic (exact) mass is 1420 g/mol. The van der Waals surface area contributed by atoms with Crippen LogP contribution in [0.1, 0.15) is 165 Å². The number of aromatic hydroxyl groups is 1. The highest BCUT2D eigenvalue weighted by Gasteiger charge is 2.33. The first-order chi connectivity index (χ1) is 51.9. The van der Waals surface area contributed by atoms with Gasteiger partial charge in [-0.2, -0.15) is 0 Å². The molecule has 9 aromatic carbocycles. The molecule has 0 unspecified atom stereocenters. The SMILES string of the molecule is CC(C)N1CCN(c2ccc(/C(=C(/CCCO)c3ccccc3)c3ccc(N)cc3)cc2)CC1.O=[N+]([O-])c1ccc(/C(=C(\CCCO)c2ccccc2)c2ccc(C3CCN(C4CC4)CC3)cc2)cc1.OCCC/C(=C(\c1ccc(O)cc1)c1ccc(N2CCN(C3CCCC3)CC2)cc1)c1ccccc1. The van der Waals surface area contributed by atoms with Gasteiger partial charge in [-0.25, -0.2) is 0 Å². The van der Waals surface area contributed by atoms with Gasteiger partial charge in [-0.3, -0.25) is 19.9 Å². The van der Waals surface area contributed by atoms with E-state index in [1.165, 1.54) is 115 Å². The molecule has 2 saturated carbocycles. The van der Waals surface area contributed by atoms with Crippen LogP contribution in [-0.4, -0.2) is 143 Å². The molecule has 13 nitrogen and oxygen atoms in total. The van der Waals surface area contributed by atoms with Crippen LogP contribution in [-0.2, 0) is 0 Å². The average Bonchev–Trinajstić information content (AvgIpc) is 1.03. The third-order valence-electron chi connectivity index (χ3n) is 22.3. The number of hydrogen-bond acceptors (Lipinski definition) is 12. The van der Waals surface area contributed by atoms with E-state index in [0.29, 0.717) is 31.2 Å². The summed E-state index contributed by atoms with van der Waals surface area (Å²) in [6, 6.07) is 82.9. The number of piperidine rings is 1. The first-order valence-electron chi connectivity index (χ1n) is 39.0. The number of nitro groups is 1. The van der Waals surface area contributed by atoms with E-state index < -0.39 is 0 Å². The summed E-state index contributed by atoms with van der Waals surface area (Å²) in [7, 11) is 0.